The Bertz CT molecular complexity index is 768. The third kappa shape index (κ3) is 4.36. The van der Waals surface area contributed by atoms with Crippen LogP contribution >= 0.6 is 0 Å². The minimum atomic E-state index is -1.07. The molecule has 0 bridgehead atoms. The number of rotatable bonds is 5. The number of fused-ring (bicyclic) bond motifs is 1. The molecule has 27 heavy (non-hydrogen) atoms. The molecule has 0 saturated heterocycles. The number of urea groups is 1. The van der Waals surface area contributed by atoms with E-state index >= 15 is 0 Å². The lowest BCUT2D eigenvalue weighted by atomic mass is 9.81. The van der Waals surface area contributed by atoms with Crippen molar-refractivity contribution in [3.8, 4) is 0 Å². The van der Waals surface area contributed by atoms with E-state index in [9.17, 15) is 19.5 Å². The van der Waals surface area contributed by atoms with Gasteiger partial charge in [-0.25, -0.2) is 19.4 Å². The van der Waals surface area contributed by atoms with Gasteiger partial charge in [-0.05, 0) is 31.1 Å². The van der Waals surface area contributed by atoms with Crippen molar-refractivity contribution in [1.29, 1.82) is 0 Å². The van der Waals surface area contributed by atoms with Crippen LogP contribution in [0.5, 0.6) is 0 Å². The van der Waals surface area contributed by atoms with Crippen LogP contribution in [0.1, 0.15) is 47.4 Å². The van der Waals surface area contributed by atoms with Crippen LogP contribution in [0.15, 0.2) is 4.99 Å². The molecule has 3 rings (SSSR count). The van der Waals surface area contributed by atoms with Gasteiger partial charge in [-0.3, -0.25) is 4.68 Å². The molecule has 2 amide bonds. The molecule has 1 saturated carbocycles. The lowest BCUT2D eigenvalue weighted by molar-refractivity contribution is 0.0687. The molecule has 2 unspecified atom stereocenters. The first-order chi connectivity index (χ1) is 13.0. The van der Waals surface area contributed by atoms with E-state index in [-0.39, 0.29) is 18.3 Å². The van der Waals surface area contributed by atoms with Crippen LogP contribution in [0, 0.1) is 11.8 Å². The Labute approximate surface area is 157 Å². The number of hydrogen-bond donors (Lipinski definition) is 2. The van der Waals surface area contributed by atoms with Crippen molar-refractivity contribution in [3.05, 3.63) is 17.0 Å². The van der Waals surface area contributed by atoms with Crippen LogP contribution in [-0.4, -0.2) is 57.5 Å². The maximum atomic E-state index is 12.6. The first-order valence-corrected chi connectivity index (χ1v) is 9.34. The Hall–Kier alpha value is -2.67. The zero-order valence-corrected chi connectivity index (χ0v) is 15.5. The molecule has 9 heteroatoms. The summed E-state index contributed by atoms with van der Waals surface area (Å²) in [6.45, 7) is 1.90. The molecule has 1 aromatic rings. The van der Waals surface area contributed by atoms with Crippen LogP contribution in [0.2, 0.25) is 0 Å². The van der Waals surface area contributed by atoms with Crippen LogP contribution in [0.4, 0.5) is 4.79 Å². The van der Waals surface area contributed by atoms with Gasteiger partial charge in [0.25, 0.3) is 0 Å². The van der Waals surface area contributed by atoms with Gasteiger partial charge in [0.2, 0.25) is 6.08 Å². The molecule has 0 aromatic carbocycles. The summed E-state index contributed by atoms with van der Waals surface area (Å²) < 4.78 is 1.60. The number of carboxylic acid groups (broad SMARTS) is 1. The van der Waals surface area contributed by atoms with Gasteiger partial charge in [-0.15, -0.1) is 0 Å². The quantitative estimate of drug-likeness (QED) is 0.595. The van der Waals surface area contributed by atoms with E-state index in [1.54, 1.807) is 22.7 Å². The number of aromatic nitrogens is 2. The molecule has 1 aliphatic carbocycles. The van der Waals surface area contributed by atoms with Gasteiger partial charge in [0.1, 0.15) is 0 Å². The largest absolute Gasteiger partial charge is 0.476 e. The number of isocyanates is 1. The molecule has 0 spiro atoms. The number of aliphatic imine (C=N–C) groups is 1. The first kappa shape index (κ1) is 19.1. The van der Waals surface area contributed by atoms with Crippen molar-refractivity contribution in [2.45, 2.75) is 38.6 Å². The number of nitrogens with one attached hydrogen (secondary N) is 1. The predicted octanol–water partition coefficient (Wildman–Crippen LogP) is 1.33. The SMILES string of the molecule is Cn1nc(C(=O)O)c2c1CCN(C(=O)NCC1CCCC(CN=C=O)C1)C2. The van der Waals surface area contributed by atoms with E-state index in [2.05, 4.69) is 15.4 Å². The molecular formula is C18H25N5O4. The second-order valence-electron chi connectivity index (χ2n) is 7.39. The van der Waals surface area contributed by atoms with Gasteiger partial charge in [0.15, 0.2) is 5.69 Å². The van der Waals surface area contributed by atoms with Crippen molar-refractivity contribution in [2.24, 2.45) is 23.9 Å². The summed E-state index contributed by atoms with van der Waals surface area (Å²) in [6, 6.07) is -0.172. The molecule has 1 aromatic heterocycles. The number of aryl methyl sites for hydroxylation is 1. The zero-order chi connectivity index (χ0) is 19.4. The van der Waals surface area contributed by atoms with E-state index in [1.807, 2.05) is 0 Å². The van der Waals surface area contributed by atoms with Crippen molar-refractivity contribution >= 4 is 18.1 Å². The summed E-state index contributed by atoms with van der Waals surface area (Å²) in [5.74, 6) is -0.309. The van der Waals surface area contributed by atoms with Crippen LogP contribution in [-0.2, 0) is 24.8 Å². The molecule has 2 heterocycles. The van der Waals surface area contributed by atoms with Crippen LogP contribution in [0.3, 0.4) is 0 Å². The zero-order valence-electron chi connectivity index (χ0n) is 15.5. The second-order valence-corrected chi connectivity index (χ2v) is 7.39. The van der Waals surface area contributed by atoms with E-state index in [0.717, 1.165) is 31.4 Å². The van der Waals surface area contributed by atoms with E-state index in [1.165, 1.54) is 0 Å². The topological polar surface area (TPSA) is 117 Å². The highest BCUT2D eigenvalue weighted by atomic mass is 16.4. The van der Waals surface area contributed by atoms with Gasteiger partial charge in [-0.2, -0.15) is 5.10 Å². The average molecular weight is 375 g/mol. The molecule has 9 nitrogen and oxygen atoms in total. The maximum absolute atomic E-state index is 12.6. The third-order valence-corrected chi connectivity index (χ3v) is 5.58. The Morgan fingerprint density at radius 2 is 2.15 bits per heavy atom. The molecule has 2 atom stereocenters. The number of aromatic carboxylic acids is 1. The van der Waals surface area contributed by atoms with Gasteiger partial charge in [-0.1, -0.05) is 6.42 Å². The Morgan fingerprint density at radius 1 is 1.37 bits per heavy atom. The minimum Gasteiger partial charge on any atom is -0.476 e. The fraction of sp³-hybridized carbons (Fsp3) is 0.667. The van der Waals surface area contributed by atoms with Crippen molar-refractivity contribution in [3.63, 3.8) is 0 Å². The normalized spacial score (nSPS) is 21.9. The van der Waals surface area contributed by atoms with Gasteiger partial charge in [0.05, 0.1) is 13.1 Å². The van der Waals surface area contributed by atoms with Crippen molar-refractivity contribution in [2.75, 3.05) is 19.6 Å². The standard InChI is InChI=1S/C18H25N5O4/c1-22-15-5-6-23(10-14(15)16(21-22)17(25)26)18(27)20-9-13-4-2-3-12(7-13)8-19-11-24/h12-13H,2-10H2,1H3,(H,20,27)(H,25,26). The van der Waals surface area contributed by atoms with Gasteiger partial charge >= 0.3 is 12.0 Å². The summed E-state index contributed by atoms with van der Waals surface area (Å²) in [6.07, 6.45) is 6.32. The fourth-order valence-electron chi connectivity index (χ4n) is 4.20. The number of carboxylic acids is 1. The molecule has 2 N–H and O–H groups in total. The Balaban J connectivity index is 1.55. The third-order valence-electron chi connectivity index (χ3n) is 5.58. The van der Waals surface area contributed by atoms with Crippen molar-refractivity contribution < 1.29 is 19.5 Å². The number of amides is 2. The number of nitrogens with zero attached hydrogens (tertiary/aromatic N) is 4. The van der Waals surface area contributed by atoms with Crippen LogP contribution < -0.4 is 5.32 Å². The molecule has 146 valence electrons. The minimum absolute atomic E-state index is 0.0239. The maximum Gasteiger partial charge on any atom is 0.356 e. The van der Waals surface area contributed by atoms with Gasteiger partial charge < -0.3 is 15.3 Å². The molecule has 1 aliphatic heterocycles. The highest BCUT2D eigenvalue weighted by Crippen LogP contribution is 2.29. The van der Waals surface area contributed by atoms with Crippen molar-refractivity contribution in [1.82, 2.24) is 20.0 Å². The van der Waals surface area contributed by atoms with Gasteiger partial charge in [0, 0.05) is 37.8 Å². The first-order valence-electron chi connectivity index (χ1n) is 9.34. The lowest BCUT2D eigenvalue weighted by Gasteiger charge is -2.31. The smallest absolute Gasteiger partial charge is 0.356 e. The number of carbonyl (C=O) groups is 2. The second kappa shape index (κ2) is 8.35. The Kier molecular flexibility index (Phi) is 5.91. The monoisotopic (exact) mass is 375 g/mol. The molecule has 1 fully saturated rings. The Morgan fingerprint density at radius 3 is 2.89 bits per heavy atom. The number of hydrogen-bond acceptors (Lipinski definition) is 5. The summed E-state index contributed by atoms with van der Waals surface area (Å²) in [5, 5.41) is 16.4. The van der Waals surface area contributed by atoms with Crippen LogP contribution in [0.25, 0.3) is 0 Å². The highest BCUT2D eigenvalue weighted by Gasteiger charge is 2.29. The van der Waals surface area contributed by atoms with E-state index < -0.39 is 5.97 Å². The molecule has 0 radical (unpaired) electrons. The fourth-order valence-corrected chi connectivity index (χ4v) is 4.20. The summed E-state index contributed by atoms with van der Waals surface area (Å²) in [5.41, 5.74) is 1.52. The van der Waals surface area contributed by atoms with E-state index in [4.69, 9.17) is 0 Å². The average Bonchev–Trinajstić information content (AvgIpc) is 3.01. The molecule has 2 aliphatic rings. The summed E-state index contributed by atoms with van der Waals surface area (Å²) in [7, 11) is 1.73. The highest BCUT2D eigenvalue weighted by molar-refractivity contribution is 5.87. The predicted molar refractivity (Wildman–Crippen MR) is 96.1 cm³/mol. The summed E-state index contributed by atoms with van der Waals surface area (Å²) >= 11 is 0. The lowest BCUT2D eigenvalue weighted by Crippen LogP contribution is -2.45. The molecular weight excluding hydrogens is 350 g/mol. The number of carbonyl (C=O) groups excluding carboxylic acids is 2. The summed E-state index contributed by atoms with van der Waals surface area (Å²) in [4.78, 5) is 39.5. The van der Waals surface area contributed by atoms with E-state index in [0.29, 0.717) is 43.5 Å².